The standard InChI is InChI=1S/C31H30ClN3O5/c1-31(2,3)34-29(37)28(26-22-14-11-20(32)15-23(22)33-27(26)30(38)39)35-24(16-25(35)36)19-9-12-21(13-10-19)40-17-18-7-5-4-6-8-18/h4-15,24,28,33H,16-17H2,1-3H3,(H,34,37)(H,38,39). The first-order valence-electron chi connectivity index (χ1n) is 13.0. The van der Waals surface area contributed by atoms with Crippen molar-refractivity contribution < 1.29 is 24.2 Å². The molecule has 3 N–H and O–H groups in total. The van der Waals surface area contributed by atoms with E-state index in [9.17, 15) is 19.5 Å². The van der Waals surface area contributed by atoms with Crippen LogP contribution in [0.4, 0.5) is 0 Å². The Morgan fingerprint density at radius 1 is 1.10 bits per heavy atom. The molecule has 0 radical (unpaired) electrons. The molecule has 2 amide bonds. The van der Waals surface area contributed by atoms with Crippen LogP contribution >= 0.6 is 11.6 Å². The predicted octanol–water partition coefficient (Wildman–Crippen LogP) is 6.03. The third kappa shape index (κ3) is 5.53. The number of carboxylic acid groups (broad SMARTS) is 1. The van der Waals surface area contributed by atoms with Crippen LogP contribution in [0.2, 0.25) is 5.02 Å². The van der Waals surface area contributed by atoms with E-state index in [0.29, 0.717) is 28.3 Å². The van der Waals surface area contributed by atoms with Gasteiger partial charge in [-0.25, -0.2) is 4.79 Å². The molecule has 1 aliphatic rings. The van der Waals surface area contributed by atoms with Crippen molar-refractivity contribution in [3.05, 3.63) is 100 Å². The van der Waals surface area contributed by atoms with Crippen LogP contribution in [0.25, 0.3) is 10.9 Å². The number of hydrogen-bond donors (Lipinski definition) is 3. The Labute approximate surface area is 236 Å². The minimum Gasteiger partial charge on any atom is -0.489 e. The molecular formula is C31H30ClN3O5. The van der Waals surface area contributed by atoms with E-state index >= 15 is 0 Å². The first kappa shape index (κ1) is 27.3. The number of aromatic amines is 1. The smallest absolute Gasteiger partial charge is 0.352 e. The molecule has 4 aromatic rings. The van der Waals surface area contributed by atoms with Crippen LogP contribution in [0.1, 0.15) is 66.5 Å². The lowest BCUT2D eigenvalue weighted by atomic mass is 9.88. The lowest BCUT2D eigenvalue weighted by Gasteiger charge is -2.46. The van der Waals surface area contributed by atoms with E-state index in [1.54, 1.807) is 18.2 Å². The van der Waals surface area contributed by atoms with Gasteiger partial charge in [-0.2, -0.15) is 0 Å². The van der Waals surface area contributed by atoms with E-state index < -0.39 is 29.5 Å². The lowest BCUT2D eigenvalue weighted by molar-refractivity contribution is -0.156. The molecule has 2 unspecified atom stereocenters. The van der Waals surface area contributed by atoms with Crippen LogP contribution in [-0.2, 0) is 16.2 Å². The maximum atomic E-state index is 13.8. The van der Waals surface area contributed by atoms with E-state index in [0.717, 1.165) is 11.1 Å². The third-order valence-corrected chi connectivity index (χ3v) is 7.05. The van der Waals surface area contributed by atoms with Crippen molar-refractivity contribution in [1.82, 2.24) is 15.2 Å². The van der Waals surface area contributed by atoms with Crippen LogP contribution in [-0.4, -0.2) is 38.3 Å². The Hall–Kier alpha value is -4.30. The second kappa shape index (κ2) is 10.7. The molecule has 0 bridgehead atoms. The number of H-pyrrole nitrogens is 1. The SMILES string of the molecule is CC(C)(C)NC(=O)C(c1c(C(=O)O)[nH]c2cc(Cl)ccc12)N1C(=O)CC1c1ccc(OCc2ccccc2)cc1. The summed E-state index contributed by atoms with van der Waals surface area (Å²) < 4.78 is 5.90. The minimum atomic E-state index is -1.24. The second-order valence-corrected chi connectivity index (χ2v) is 11.4. The number of likely N-dealkylation sites (tertiary alicyclic amines) is 1. The van der Waals surface area contributed by atoms with Gasteiger partial charge < -0.3 is 25.0 Å². The molecule has 1 saturated heterocycles. The molecular weight excluding hydrogens is 530 g/mol. The summed E-state index contributed by atoms with van der Waals surface area (Å²) in [6, 6.07) is 20.5. The van der Waals surface area contributed by atoms with Crippen LogP contribution in [0.5, 0.6) is 5.75 Å². The number of nitrogens with zero attached hydrogens (tertiary/aromatic N) is 1. The molecule has 0 saturated carbocycles. The number of ether oxygens (including phenoxy) is 1. The van der Waals surface area contributed by atoms with Gasteiger partial charge in [0.15, 0.2) is 0 Å². The normalized spacial score (nSPS) is 15.9. The van der Waals surface area contributed by atoms with E-state index in [4.69, 9.17) is 16.3 Å². The number of amides is 2. The number of hydrogen-bond acceptors (Lipinski definition) is 4. The number of halogens is 1. The molecule has 1 aromatic heterocycles. The van der Waals surface area contributed by atoms with Crippen molar-refractivity contribution in [1.29, 1.82) is 0 Å². The van der Waals surface area contributed by atoms with Crippen molar-refractivity contribution in [3.8, 4) is 5.75 Å². The number of nitrogens with one attached hydrogen (secondary N) is 2. The number of benzene rings is 3. The molecule has 2 atom stereocenters. The summed E-state index contributed by atoms with van der Waals surface area (Å²) in [6.45, 7) is 5.92. The molecule has 1 fully saturated rings. The van der Waals surface area contributed by atoms with Crippen molar-refractivity contribution in [2.75, 3.05) is 0 Å². The van der Waals surface area contributed by atoms with E-state index in [-0.39, 0.29) is 23.6 Å². The van der Waals surface area contributed by atoms with Crippen molar-refractivity contribution >= 4 is 40.3 Å². The fraction of sp³-hybridized carbons (Fsp3) is 0.258. The molecule has 0 spiro atoms. The van der Waals surface area contributed by atoms with Crippen molar-refractivity contribution in [3.63, 3.8) is 0 Å². The number of carbonyl (C=O) groups excluding carboxylic acids is 2. The van der Waals surface area contributed by atoms with E-state index in [2.05, 4.69) is 10.3 Å². The Morgan fingerprint density at radius 3 is 2.42 bits per heavy atom. The zero-order valence-corrected chi connectivity index (χ0v) is 23.2. The maximum Gasteiger partial charge on any atom is 0.352 e. The molecule has 40 heavy (non-hydrogen) atoms. The van der Waals surface area contributed by atoms with Crippen molar-refractivity contribution in [2.24, 2.45) is 0 Å². The molecule has 0 aliphatic carbocycles. The average molecular weight is 560 g/mol. The summed E-state index contributed by atoms with van der Waals surface area (Å²) >= 11 is 6.16. The van der Waals surface area contributed by atoms with Crippen LogP contribution in [0.3, 0.4) is 0 Å². The number of carbonyl (C=O) groups is 3. The molecule has 9 heteroatoms. The van der Waals surface area contributed by atoms with Gasteiger partial charge in [-0.1, -0.05) is 60.1 Å². The largest absolute Gasteiger partial charge is 0.489 e. The summed E-state index contributed by atoms with van der Waals surface area (Å²) in [7, 11) is 0. The highest BCUT2D eigenvalue weighted by molar-refractivity contribution is 6.31. The number of carboxylic acids is 1. The Bertz CT molecular complexity index is 1570. The molecule has 206 valence electrons. The average Bonchev–Trinajstić information content (AvgIpc) is 3.27. The summed E-state index contributed by atoms with van der Waals surface area (Å²) in [5.74, 6) is -1.27. The molecule has 2 heterocycles. The highest BCUT2D eigenvalue weighted by atomic mass is 35.5. The zero-order chi connectivity index (χ0) is 28.6. The summed E-state index contributed by atoms with van der Waals surface area (Å²) in [5, 5.41) is 13.9. The fourth-order valence-corrected chi connectivity index (χ4v) is 5.21. The zero-order valence-electron chi connectivity index (χ0n) is 22.4. The predicted molar refractivity (Wildman–Crippen MR) is 152 cm³/mol. The quantitative estimate of drug-likeness (QED) is 0.228. The number of aromatic carboxylic acids is 1. The van der Waals surface area contributed by atoms with Gasteiger partial charge in [0.05, 0.1) is 12.5 Å². The first-order valence-corrected chi connectivity index (χ1v) is 13.3. The van der Waals surface area contributed by atoms with Crippen LogP contribution in [0, 0.1) is 0 Å². The lowest BCUT2D eigenvalue weighted by Crippen LogP contribution is -2.55. The molecule has 5 rings (SSSR count). The van der Waals surface area contributed by atoms with Crippen LogP contribution in [0.15, 0.2) is 72.8 Å². The van der Waals surface area contributed by atoms with Gasteiger partial charge in [0.1, 0.15) is 24.1 Å². The van der Waals surface area contributed by atoms with Gasteiger partial charge in [-0.15, -0.1) is 0 Å². The monoisotopic (exact) mass is 559 g/mol. The molecule has 1 aliphatic heterocycles. The minimum absolute atomic E-state index is 0.158. The number of β-lactam (4-membered cyclic amide) rings is 1. The molecule has 8 nitrogen and oxygen atoms in total. The summed E-state index contributed by atoms with van der Waals surface area (Å²) in [6.07, 6.45) is 0.195. The van der Waals surface area contributed by atoms with Gasteiger partial charge in [-0.05, 0) is 56.2 Å². The van der Waals surface area contributed by atoms with Crippen molar-refractivity contribution in [2.45, 2.75) is 51.4 Å². The van der Waals surface area contributed by atoms with Gasteiger partial charge >= 0.3 is 5.97 Å². The third-order valence-electron chi connectivity index (χ3n) is 6.82. The van der Waals surface area contributed by atoms with Gasteiger partial charge in [-0.3, -0.25) is 9.59 Å². The Balaban J connectivity index is 1.50. The molecule has 3 aromatic carbocycles. The van der Waals surface area contributed by atoms with Crippen LogP contribution < -0.4 is 10.1 Å². The van der Waals surface area contributed by atoms with E-state index in [1.165, 1.54) is 4.90 Å². The van der Waals surface area contributed by atoms with E-state index in [1.807, 2.05) is 75.4 Å². The highest BCUT2D eigenvalue weighted by Gasteiger charge is 2.47. The highest BCUT2D eigenvalue weighted by Crippen LogP contribution is 2.45. The number of fused-ring (bicyclic) bond motifs is 1. The van der Waals surface area contributed by atoms with Gasteiger partial charge in [0, 0.05) is 27.0 Å². The Kier molecular flexibility index (Phi) is 7.29. The second-order valence-electron chi connectivity index (χ2n) is 10.9. The first-order chi connectivity index (χ1) is 19.0. The Morgan fingerprint density at radius 2 is 1.80 bits per heavy atom. The summed E-state index contributed by atoms with van der Waals surface area (Å²) in [5.41, 5.74) is 1.79. The van der Waals surface area contributed by atoms with Gasteiger partial charge in [0.25, 0.3) is 0 Å². The maximum absolute atomic E-state index is 13.8. The topological polar surface area (TPSA) is 112 Å². The number of rotatable bonds is 8. The number of aromatic nitrogens is 1. The van der Waals surface area contributed by atoms with Gasteiger partial charge in [0.2, 0.25) is 11.8 Å². The fourth-order valence-electron chi connectivity index (χ4n) is 5.04. The summed E-state index contributed by atoms with van der Waals surface area (Å²) in [4.78, 5) is 43.7.